The summed E-state index contributed by atoms with van der Waals surface area (Å²) in [4.78, 5) is 14.4. The average molecular weight is 304 g/mol. The second kappa shape index (κ2) is 6.41. The molecule has 2 aliphatic heterocycles. The van der Waals surface area contributed by atoms with Crippen LogP contribution in [0.2, 0.25) is 0 Å². The first-order valence-electron chi connectivity index (χ1n) is 8.66. The lowest BCUT2D eigenvalue weighted by Gasteiger charge is -2.30. The predicted octanol–water partition coefficient (Wildman–Crippen LogP) is 2.15. The Kier molecular flexibility index (Phi) is 4.52. The van der Waals surface area contributed by atoms with E-state index in [4.69, 9.17) is 0 Å². The van der Waals surface area contributed by atoms with Crippen molar-refractivity contribution in [2.45, 2.75) is 78.0 Å². The van der Waals surface area contributed by atoms with Crippen LogP contribution in [-0.4, -0.2) is 39.2 Å². The molecule has 1 aromatic rings. The minimum absolute atomic E-state index is 0.239. The molecule has 2 aliphatic rings. The average Bonchev–Trinajstić information content (AvgIpc) is 2.96. The van der Waals surface area contributed by atoms with Gasteiger partial charge < -0.3 is 5.32 Å². The van der Waals surface area contributed by atoms with Crippen LogP contribution in [-0.2, 0) is 17.9 Å². The van der Waals surface area contributed by atoms with Crippen molar-refractivity contribution in [3.63, 3.8) is 0 Å². The fourth-order valence-electron chi connectivity index (χ4n) is 4.06. The molecule has 0 aromatic carbocycles. The monoisotopic (exact) mass is 304 g/mol. The van der Waals surface area contributed by atoms with E-state index in [-0.39, 0.29) is 5.91 Å². The number of aryl methyl sites for hydroxylation is 2. The van der Waals surface area contributed by atoms with Gasteiger partial charge >= 0.3 is 0 Å². The molecule has 0 saturated carbocycles. The van der Waals surface area contributed by atoms with E-state index in [9.17, 15) is 4.79 Å². The van der Waals surface area contributed by atoms with Crippen LogP contribution in [0.3, 0.4) is 0 Å². The maximum Gasteiger partial charge on any atom is 0.220 e. The summed E-state index contributed by atoms with van der Waals surface area (Å²) in [5.41, 5.74) is 3.81. The van der Waals surface area contributed by atoms with Gasteiger partial charge in [0.2, 0.25) is 5.91 Å². The van der Waals surface area contributed by atoms with Gasteiger partial charge in [0, 0.05) is 49.4 Å². The van der Waals surface area contributed by atoms with E-state index < -0.39 is 0 Å². The fraction of sp³-hybridized carbons (Fsp3) is 0.765. The van der Waals surface area contributed by atoms with Gasteiger partial charge in [-0.25, -0.2) is 0 Å². The van der Waals surface area contributed by atoms with Crippen LogP contribution in [0.4, 0.5) is 0 Å². The van der Waals surface area contributed by atoms with Crippen molar-refractivity contribution >= 4 is 5.91 Å². The zero-order valence-electron chi connectivity index (χ0n) is 14.1. The smallest absolute Gasteiger partial charge is 0.220 e. The van der Waals surface area contributed by atoms with Gasteiger partial charge in [0.1, 0.15) is 0 Å². The topological polar surface area (TPSA) is 50.2 Å². The number of amides is 1. The lowest BCUT2D eigenvalue weighted by molar-refractivity contribution is -0.122. The van der Waals surface area contributed by atoms with E-state index in [1.54, 1.807) is 0 Å². The molecule has 5 nitrogen and oxygen atoms in total. The Morgan fingerprint density at radius 3 is 2.82 bits per heavy atom. The number of carbonyl (C=O) groups is 1. The van der Waals surface area contributed by atoms with Gasteiger partial charge in [-0.1, -0.05) is 6.42 Å². The molecule has 0 radical (unpaired) electrons. The molecule has 0 unspecified atom stereocenters. The molecule has 2 atom stereocenters. The number of likely N-dealkylation sites (tertiary alicyclic amines) is 1. The quantitative estimate of drug-likeness (QED) is 0.931. The van der Waals surface area contributed by atoms with E-state index in [2.05, 4.69) is 40.8 Å². The Morgan fingerprint density at radius 1 is 1.27 bits per heavy atom. The van der Waals surface area contributed by atoms with Crippen LogP contribution < -0.4 is 5.32 Å². The van der Waals surface area contributed by atoms with Gasteiger partial charge in [-0.3, -0.25) is 14.4 Å². The molecular formula is C17H28N4O. The third kappa shape index (κ3) is 2.91. The number of fused-ring (bicyclic) bond motifs is 1. The van der Waals surface area contributed by atoms with Crippen LogP contribution in [0.5, 0.6) is 0 Å². The lowest BCUT2D eigenvalue weighted by Crippen LogP contribution is -2.45. The highest BCUT2D eigenvalue weighted by Crippen LogP contribution is 2.28. The van der Waals surface area contributed by atoms with Gasteiger partial charge in [0.05, 0.1) is 5.69 Å². The molecule has 1 N–H and O–H groups in total. The van der Waals surface area contributed by atoms with Gasteiger partial charge in [0.25, 0.3) is 0 Å². The number of hydrogen-bond donors (Lipinski definition) is 1. The zero-order chi connectivity index (χ0) is 15.7. The summed E-state index contributed by atoms with van der Waals surface area (Å²) in [6.45, 7) is 9.39. The van der Waals surface area contributed by atoms with Crippen molar-refractivity contribution in [1.29, 1.82) is 0 Å². The number of aromatic nitrogens is 2. The van der Waals surface area contributed by atoms with E-state index in [0.717, 1.165) is 44.6 Å². The van der Waals surface area contributed by atoms with Crippen LogP contribution in [0, 0.1) is 13.8 Å². The number of hydrogen-bond acceptors (Lipinski definition) is 3. The Labute approximate surface area is 133 Å². The van der Waals surface area contributed by atoms with Gasteiger partial charge in [-0.2, -0.15) is 5.10 Å². The van der Waals surface area contributed by atoms with Crippen LogP contribution in [0.15, 0.2) is 0 Å². The molecule has 0 bridgehead atoms. The normalized spacial score (nSPS) is 26.4. The number of nitrogens with zero attached hydrogens (tertiary/aromatic N) is 3. The van der Waals surface area contributed by atoms with Gasteiger partial charge in [-0.05, 0) is 40.0 Å². The van der Waals surface area contributed by atoms with E-state index in [1.165, 1.54) is 17.7 Å². The van der Waals surface area contributed by atoms with E-state index in [0.29, 0.717) is 18.5 Å². The molecule has 5 heteroatoms. The number of nitrogens with one attached hydrogen (secondary N) is 1. The molecule has 0 spiro atoms. The van der Waals surface area contributed by atoms with Gasteiger partial charge in [-0.15, -0.1) is 0 Å². The van der Waals surface area contributed by atoms with Crippen molar-refractivity contribution in [1.82, 2.24) is 20.0 Å². The molecule has 3 heterocycles. The Morgan fingerprint density at radius 2 is 2.09 bits per heavy atom. The summed E-state index contributed by atoms with van der Waals surface area (Å²) in [7, 11) is 0. The Balaban J connectivity index is 1.75. The molecule has 1 aromatic heterocycles. The highest BCUT2D eigenvalue weighted by Gasteiger charge is 2.36. The summed E-state index contributed by atoms with van der Waals surface area (Å²) in [6, 6.07) is 0.836. The minimum Gasteiger partial charge on any atom is -0.352 e. The fourth-order valence-corrected chi connectivity index (χ4v) is 4.06. The molecule has 3 rings (SSSR count). The van der Waals surface area contributed by atoms with Crippen molar-refractivity contribution in [2.24, 2.45) is 0 Å². The number of carbonyl (C=O) groups excluding carboxylic acids is 1. The second-order valence-electron chi connectivity index (χ2n) is 6.71. The Bertz CT molecular complexity index is 551. The van der Waals surface area contributed by atoms with Crippen LogP contribution in [0.25, 0.3) is 0 Å². The Hall–Kier alpha value is -1.36. The number of rotatable bonds is 3. The molecule has 22 heavy (non-hydrogen) atoms. The molecular weight excluding hydrogens is 276 g/mol. The summed E-state index contributed by atoms with van der Waals surface area (Å²) in [5, 5.41) is 7.88. The third-order valence-corrected chi connectivity index (χ3v) is 5.35. The van der Waals surface area contributed by atoms with E-state index in [1.807, 2.05) is 0 Å². The molecule has 122 valence electrons. The highest BCUT2D eigenvalue weighted by atomic mass is 16.1. The first-order chi connectivity index (χ1) is 10.6. The van der Waals surface area contributed by atoms with Crippen molar-refractivity contribution in [3.8, 4) is 0 Å². The molecule has 2 saturated heterocycles. The van der Waals surface area contributed by atoms with Crippen LogP contribution in [0.1, 0.15) is 56.0 Å². The summed E-state index contributed by atoms with van der Waals surface area (Å²) >= 11 is 0. The predicted molar refractivity (Wildman–Crippen MR) is 86.6 cm³/mol. The maximum absolute atomic E-state index is 11.9. The maximum atomic E-state index is 11.9. The summed E-state index contributed by atoms with van der Waals surface area (Å²) < 4.78 is 2.10. The summed E-state index contributed by atoms with van der Waals surface area (Å²) in [6.07, 6.45) is 5.16. The first-order valence-corrected chi connectivity index (χ1v) is 8.66. The van der Waals surface area contributed by atoms with Crippen LogP contribution >= 0.6 is 0 Å². The molecule has 2 fully saturated rings. The minimum atomic E-state index is 0.239. The first kappa shape index (κ1) is 15.5. The van der Waals surface area contributed by atoms with E-state index >= 15 is 0 Å². The van der Waals surface area contributed by atoms with Gasteiger partial charge in [0.15, 0.2) is 0 Å². The largest absolute Gasteiger partial charge is 0.352 e. The second-order valence-corrected chi connectivity index (χ2v) is 6.71. The van der Waals surface area contributed by atoms with Crippen molar-refractivity contribution in [3.05, 3.63) is 17.0 Å². The summed E-state index contributed by atoms with van der Waals surface area (Å²) in [5.74, 6) is 0.239. The standard InChI is InChI=1S/C17H28N4O/c1-4-21-13(3)14(12(2)19-21)11-20-10-9-15-16(20)7-5-6-8-17(22)18-15/h15-16H,4-11H2,1-3H3,(H,18,22)/t15-,16+/m0/s1. The molecule has 0 aliphatic carbocycles. The lowest BCUT2D eigenvalue weighted by atomic mass is 9.98. The third-order valence-electron chi connectivity index (χ3n) is 5.35. The van der Waals surface area contributed by atoms with Crippen molar-refractivity contribution in [2.75, 3.05) is 6.54 Å². The highest BCUT2D eigenvalue weighted by molar-refractivity contribution is 5.76. The SMILES string of the molecule is CCn1nc(C)c(CN2CC[C@@H]3NC(=O)CCCC[C@H]32)c1C. The molecule has 1 amide bonds. The zero-order valence-corrected chi connectivity index (χ0v) is 14.1. The van der Waals surface area contributed by atoms with Crippen molar-refractivity contribution < 1.29 is 4.79 Å².